The summed E-state index contributed by atoms with van der Waals surface area (Å²) in [5, 5.41) is 1.86. The van der Waals surface area contributed by atoms with Crippen LogP contribution in [0.2, 0.25) is 0 Å². The molecule has 0 aliphatic carbocycles. The highest BCUT2D eigenvalue weighted by atomic mass is 31.2. The molecule has 2 nitrogen and oxygen atoms in total. The van der Waals surface area contributed by atoms with Gasteiger partial charge in [0.05, 0.1) is 0 Å². The Morgan fingerprint density at radius 2 is 1.33 bits per heavy atom. The summed E-state index contributed by atoms with van der Waals surface area (Å²) in [7, 11) is -2.61. The number of nitrogens with zero attached hydrogens (tertiary/aromatic N) is 1. The van der Waals surface area contributed by atoms with Crippen LogP contribution in [0.1, 0.15) is 6.92 Å². The van der Waals surface area contributed by atoms with E-state index < -0.39 is 7.29 Å². The summed E-state index contributed by atoms with van der Waals surface area (Å²) >= 11 is 0. The quantitative estimate of drug-likeness (QED) is 0.622. The van der Waals surface area contributed by atoms with Crippen molar-refractivity contribution in [2.75, 3.05) is 6.54 Å². The summed E-state index contributed by atoms with van der Waals surface area (Å²) in [4.78, 5) is 0. The molecule has 18 heavy (non-hydrogen) atoms. The standard InChI is InChI=1S/C15H16NOP/c1-13-12-16(13)18(17,14-8-4-2-5-9-14)15-10-6-3-7-11-15/h2-11,13H,12H2,1H3/t13-,16?/m0/s1. The van der Waals surface area contributed by atoms with Crippen molar-refractivity contribution in [2.24, 2.45) is 0 Å². The Morgan fingerprint density at radius 1 is 0.944 bits per heavy atom. The van der Waals surface area contributed by atoms with E-state index in [1.54, 1.807) is 0 Å². The zero-order valence-corrected chi connectivity index (χ0v) is 11.3. The molecule has 1 unspecified atom stereocenters. The van der Waals surface area contributed by atoms with Gasteiger partial charge in [0.25, 0.3) is 0 Å². The lowest BCUT2D eigenvalue weighted by atomic mass is 10.4. The molecule has 1 heterocycles. The van der Waals surface area contributed by atoms with Crippen molar-refractivity contribution in [2.45, 2.75) is 13.0 Å². The highest BCUT2D eigenvalue weighted by Crippen LogP contribution is 2.54. The molecule has 0 amide bonds. The molecule has 0 radical (unpaired) electrons. The fraction of sp³-hybridized carbons (Fsp3) is 0.200. The first-order valence-electron chi connectivity index (χ1n) is 6.21. The third-order valence-electron chi connectivity index (χ3n) is 3.40. The van der Waals surface area contributed by atoms with E-state index in [-0.39, 0.29) is 0 Å². The van der Waals surface area contributed by atoms with E-state index in [1.165, 1.54) is 0 Å². The van der Waals surface area contributed by atoms with Crippen molar-refractivity contribution in [3.63, 3.8) is 0 Å². The maximum Gasteiger partial charge on any atom is 0.207 e. The third kappa shape index (κ3) is 1.82. The van der Waals surface area contributed by atoms with Gasteiger partial charge in [-0.25, -0.2) is 4.67 Å². The summed E-state index contributed by atoms with van der Waals surface area (Å²) in [6.07, 6.45) is 0. The van der Waals surface area contributed by atoms with Gasteiger partial charge in [-0.2, -0.15) is 0 Å². The molecule has 0 N–H and O–H groups in total. The fourth-order valence-electron chi connectivity index (χ4n) is 2.32. The lowest BCUT2D eigenvalue weighted by Gasteiger charge is -2.20. The van der Waals surface area contributed by atoms with E-state index in [0.29, 0.717) is 6.04 Å². The molecule has 0 bridgehead atoms. The predicted molar refractivity (Wildman–Crippen MR) is 75.9 cm³/mol. The predicted octanol–water partition coefficient (Wildman–Crippen LogP) is 2.62. The summed E-state index contributed by atoms with van der Waals surface area (Å²) in [6, 6.07) is 20.1. The minimum Gasteiger partial charge on any atom is -0.296 e. The van der Waals surface area contributed by atoms with Gasteiger partial charge < -0.3 is 0 Å². The average Bonchev–Trinajstić information content (AvgIpc) is 3.17. The van der Waals surface area contributed by atoms with E-state index >= 15 is 0 Å². The first-order chi connectivity index (χ1) is 8.73. The Labute approximate surface area is 108 Å². The molecule has 0 spiro atoms. The second-order valence-electron chi connectivity index (χ2n) is 4.72. The van der Waals surface area contributed by atoms with Crippen LogP contribution in [0.3, 0.4) is 0 Å². The molecular formula is C15H16NOP. The smallest absolute Gasteiger partial charge is 0.207 e. The zero-order chi connectivity index (χ0) is 12.6. The average molecular weight is 257 g/mol. The maximum atomic E-state index is 13.5. The van der Waals surface area contributed by atoms with Gasteiger partial charge >= 0.3 is 0 Å². The van der Waals surface area contributed by atoms with Gasteiger partial charge in [-0.05, 0) is 31.2 Å². The van der Waals surface area contributed by atoms with E-state index in [9.17, 15) is 4.57 Å². The first kappa shape index (κ1) is 11.7. The van der Waals surface area contributed by atoms with Gasteiger partial charge in [0.1, 0.15) is 0 Å². The molecule has 2 atom stereocenters. The molecule has 2 aromatic carbocycles. The number of hydrogen-bond acceptors (Lipinski definition) is 1. The molecule has 3 heteroatoms. The Kier molecular flexibility index (Phi) is 2.85. The molecule has 0 saturated carbocycles. The zero-order valence-electron chi connectivity index (χ0n) is 10.4. The highest BCUT2D eigenvalue weighted by Gasteiger charge is 2.46. The third-order valence-corrected chi connectivity index (χ3v) is 6.68. The van der Waals surface area contributed by atoms with Gasteiger partial charge in [-0.15, -0.1) is 0 Å². The van der Waals surface area contributed by atoms with Crippen LogP contribution in [-0.4, -0.2) is 17.3 Å². The fourth-order valence-corrected chi connectivity index (χ4v) is 5.39. The van der Waals surface area contributed by atoms with Crippen molar-refractivity contribution in [3.05, 3.63) is 60.7 Å². The number of hydrogen-bond donors (Lipinski definition) is 0. The number of benzene rings is 2. The van der Waals surface area contributed by atoms with E-state index in [2.05, 4.69) is 11.6 Å². The van der Waals surface area contributed by atoms with E-state index in [4.69, 9.17) is 0 Å². The second-order valence-corrected chi connectivity index (χ2v) is 7.42. The van der Waals surface area contributed by atoms with Gasteiger partial charge in [0.2, 0.25) is 7.29 Å². The molecule has 92 valence electrons. The van der Waals surface area contributed by atoms with Crippen molar-refractivity contribution >= 4 is 17.9 Å². The van der Waals surface area contributed by atoms with Crippen molar-refractivity contribution in [3.8, 4) is 0 Å². The van der Waals surface area contributed by atoms with Gasteiger partial charge in [0.15, 0.2) is 0 Å². The van der Waals surface area contributed by atoms with E-state index in [0.717, 1.165) is 17.2 Å². The van der Waals surface area contributed by atoms with Gasteiger partial charge in [0, 0.05) is 23.2 Å². The molecule has 3 rings (SSSR count). The minimum atomic E-state index is -2.61. The molecule has 0 aromatic heterocycles. The van der Waals surface area contributed by atoms with Crippen LogP contribution in [0.5, 0.6) is 0 Å². The van der Waals surface area contributed by atoms with Gasteiger partial charge in [-0.1, -0.05) is 36.4 Å². The van der Waals surface area contributed by atoms with Crippen LogP contribution >= 0.6 is 7.29 Å². The molecule has 1 saturated heterocycles. The van der Waals surface area contributed by atoms with Crippen LogP contribution in [0.4, 0.5) is 0 Å². The minimum absolute atomic E-state index is 0.413. The monoisotopic (exact) mass is 257 g/mol. The molecule has 1 fully saturated rings. The summed E-state index contributed by atoms with van der Waals surface area (Å²) in [5.41, 5.74) is 0. The lowest BCUT2D eigenvalue weighted by Crippen LogP contribution is -2.22. The van der Waals surface area contributed by atoms with Crippen molar-refractivity contribution < 1.29 is 4.57 Å². The summed E-state index contributed by atoms with van der Waals surface area (Å²) in [6.45, 7) is 3.04. The van der Waals surface area contributed by atoms with Crippen LogP contribution in [0, 0.1) is 0 Å². The van der Waals surface area contributed by atoms with E-state index in [1.807, 2.05) is 60.7 Å². The maximum absolute atomic E-state index is 13.5. The topological polar surface area (TPSA) is 20.1 Å². The van der Waals surface area contributed by atoms with Gasteiger partial charge in [-0.3, -0.25) is 4.57 Å². The van der Waals surface area contributed by atoms with Crippen molar-refractivity contribution in [1.29, 1.82) is 0 Å². The van der Waals surface area contributed by atoms with Crippen molar-refractivity contribution in [1.82, 2.24) is 4.67 Å². The Balaban J connectivity index is 2.14. The summed E-state index contributed by atoms with van der Waals surface area (Å²) < 4.78 is 15.6. The van der Waals surface area contributed by atoms with Crippen LogP contribution in [0.15, 0.2) is 60.7 Å². The summed E-state index contributed by atoms with van der Waals surface area (Å²) in [5.74, 6) is 0. The molecular weight excluding hydrogens is 241 g/mol. The largest absolute Gasteiger partial charge is 0.296 e. The Hall–Kier alpha value is -1.37. The Bertz CT molecular complexity index is 538. The highest BCUT2D eigenvalue weighted by molar-refractivity contribution is 7.76. The lowest BCUT2D eigenvalue weighted by molar-refractivity contribution is 0.560. The molecule has 1 aliphatic heterocycles. The Morgan fingerprint density at radius 3 is 1.67 bits per heavy atom. The SMILES string of the molecule is C[C@H]1CN1P(=O)(c1ccccc1)c1ccccc1. The first-order valence-corrected chi connectivity index (χ1v) is 7.87. The second kappa shape index (κ2) is 4.38. The van der Waals surface area contributed by atoms with Crippen LogP contribution in [-0.2, 0) is 4.57 Å². The normalized spacial score (nSPS) is 22.7. The van der Waals surface area contributed by atoms with Crippen LogP contribution < -0.4 is 10.6 Å². The number of rotatable bonds is 3. The van der Waals surface area contributed by atoms with Crippen LogP contribution in [0.25, 0.3) is 0 Å². The molecule has 1 aliphatic rings. The molecule has 2 aromatic rings.